The Kier molecular flexibility index (Phi) is 4.46. The lowest BCUT2D eigenvalue weighted by Crippen LogP contribution is -2.28. The fourth-order valence-corrected chi connectivity index (χ4v) is 1.52. The van der Waals surface area contributed by atoms with E-state index in [-0.39, 0.29) is 5.54 Å². The van der Waals surface area contributed by atoms with Gasteiger partial charge in [0.15, 0.2) is 0 Å². The molecule has 4 nitrogen and oxygen atoms in total. The Hall–Kier alpha value is -1.16. The van der Waals surface area contributed by atoms with Gasteiger partial charge in [0.2, 0.25) is 0 Å². The molecule has 0 unspecified atom stereocenters. The van der Waals surface area contributed by atoms with Gasteiger partial charge >= 0.3 is 0 Å². The first-order valence-corrected chi connectivity index (χ1v) is 6.12. The van der Waals surface area contributed by atoms with Gasteiger partial charge in [0, 0.05) is 18.0 Å². The van der Waals surface area contributed by atoms with Crippen LogP contribution in [0, 0.1) is 0 Å². The van der Waals surface area contributed by atoms with E-state index in [4.69, 9.17) is 0 Å². The zero-order valence-corrected chi connectivity index (χ0v) is 11.8. The highest BCUT2D eigenvalue weighted by molar-refractivity contribution is 5.47. The minimum absolute atomic E-state index is 0.0190. The molecule has 96 valence electrons. The summed E-state index contributed by atoms with van der Waals surface area (Å²) in [5, 5.41) is 6.58. The van der Waals surface area contributed by atoms with Crippen LogP contribution in [-0.4, -0.2) is 22.6 Å². The third-order valence-corrected chi connectivity index (χ3v) is 2.26. The van der Waals surface area contributed by atoms with Crippen molar-refractivity contribution >= 4 is 5.69 Å². The second-order valence-corrected chi connectivity index (χ2v) is 5.65. The number of hydrogen-bond acceptors (Lipinski definition) is 4. The maximum Gasteiger partial charge on any atom is 0.131 e. The normalized spacial score (nSPS) is 11.9. The first kappa shape index (κ1) is 13.9. The Labute approximate surface area is 104 Å². The van der Waals surface area contributed by atoms with E-state index in [2.05, 4.69) is 55.2 Å². The van der Waals surface area contributed by atoms with E-state index in [1.54, 1.807) is 0 Å². The van der Waals surface area contributed by atoms with Gasteiger partial charge < -0.3 is 10.6 Å². The molecule has 17 heavy (non-hydrogen) atoms. The van der Waals surface area contributed by atoms with E-state index in [0.29, 0.717) is 5.92 Å². The van der Waals surface area contributed by atoms with Gasteiger partial charge in [0.1, 0.15) is 5.82 Å². The number of anilines is 1. The van der Waals surface area contributed by atoms with Crippen molar-refractivity contribution in [3.63, 3.8) is 0 Å². The molecule has 1 rings (SSSR count). The van der Waals surface area contributed by atoms with Crippen molar-refractivity contribution < 1.29 is 0 Å². The van der Waals surface area contributed by atoms with Gasteiger partial charge in [-0.2, -0.15) is 0 Å². The molecule has 0 amide bonds. The Morgan fingerprint density at radius 2 is 1.94 bits per heavy atom. The molecule has 0 aromatic carbocycles. The molecule has 0 saturated carbocycles. The molecular weight excluding hydrogens is 212 g/mol. The second kappa shape index (κ2) is 5.45. The number of nitrogens with one attached hydrogen (secondary N) is 2. The molecule has 4 heteroatoms. The van der Waals surface area contributed by atoms with Gasteiger partial charge in [-0.25, -0.2) is 9.97 Å². The Morgan fingerprint density at radius 3 is 2.41 bits per heavy atom. The minimum Gasteiger partial charge on any atom is -0.378 e. The average Bonchev–Trinajstić information content (AvgIpc) is 2.18. The van der Waals surface area contributed by atoms with E-state index in [9.17, 15) is 0 Å². The topological polar surface area (TPSA) is 49.8 Å². The van der Waals surface area contributed by atoms with Crippen molar-refractivity contribution in [1.29, 1.82) is 0 Å². The molecular formula is C13H24N4. The minimum atomic E-state index is 0.0190. The fraction of sp³-hybridized carbons (Fsp3) is 0.692. The van der Waals surface area contributed by atoms with Crippen molar-refractivity contribution in [1.82, 2.24) is 15.3 Å². The van der Waals surface area contributed by atoms with E-state index >= 15 is 0 Å². The molecule has 0 spiro atoms. The second-order valence-electron chi connectivity index (χ2n) is 5.65. The molecule has 0 bridgehead atoms. The summed E-state index contributed by atoms with van der Waals surface area (Å²) in [4.78, 5) is 9.01. The number of rotatable bonds is 4. The van der Waals surface area contributed by atoms with Crippen LogP contribution in [0.25, 0.3) is 0 Å². The van der Waals surface area contributed by atoms with Crippen molar-refractivity contribution in [2.24, 2.45) is 0 Å². The number of aromatic nitrogens is 2. The monoisotopic (exact) mass is 236 g/mol. The van der Waals surface area contributed by atoms with Crippen LogP contribution in [-0.2, 0) is 6.54 Å². The lowest BCUT2D eigenvalue weighted by molar-refractivity contribution is 0.627. The fourth-order valence-electron chi connectivity index (χ4n) is 1.52. The Morgan fingerprint density at radius 1 is 1.29 bits per heavy atom. The van der Waals surface area contributed by atoms with Gasteiger partial charge in [0.05, 0.1) is 17.6 Å². The molecule has 0 fully saturated rings. The molecule has 0 aliphatic heterocycles. The third-order valence-electron chi connectivity index (χ3n) is 2.26. The summed E-state index contributed by atoms with van der Waals surface area (Å²) in [6.45, 7) is 11.4. The van der Waals surface area contributed by atoms with Gasteiger partial charge in [-0.1, -0.05) is 13.8 Å². The summed E-state index contributed by atoms with van der Waals surface area (Å²) in [5.41, 5.74) is 2.06. The molecule has 0 atom stereocenters. The number of hydrogen-bond donors (Lipinski definition) is 2. The molecule has 1 heterocycles. The van der Waals surface area contributed by atoms with E-state index in [1.807, 2.05) is 13.2 Å². The molecule has 0 aliphatic rings. The maximum atomic E-state index is 4.61. The average molecular weight is 236 g/mol. The predicted octanol–water partition coefficient (Wildman–Crippen LogP) is 2.53. The summed E-state index contributed by atoms with van der Waals surface area (Å²) in [6.07, 6.45) is 1.89. The smallest absolute Gasteiger partial charge is 0.131 e. The van der Waals surface area contributed by atoms with Crippen LogP contribution in [0.1, 0.15) is 52.1 Å². The lowest BCUT2D eigenvalue weighted by Gasteiger charge is -2.24. The summed E-state index contributed by atoms with van der Waals surface area (Å²) in [6, 6.07) is 0. The van der Waals surface area contributed by atoms with Crippen LogP contribution in [0.15, 0.2) is 6.20 Å². The van der Waals surface area contributed by atoms with Crippen LogP contribution in [0.5, 0.6) is 0 Å². The zero-order chi connectivity index (χ0) is 13.1. The van der Waals surface area contributed by atoms with E-state index in [0.717, 1.165) is 23.8 Å². The predicted molar refractivity (Wildman–Crippen MR) is 72.3 cm³/mol. The molecule has 1 aromatic rings. The standard InChI is InChI=1S/C13H24N4/c1-9(2)12-15-8-11(17-13(3,4)5)10(16-12)7-14-6/h8-9,14,17H,7H2,1-6H3. The van der Waals surface area contributed by atoms with Crippen molar-refractivity contribution in [3.05, 3.63) is 17.7 Å². The van der Waals surface area contributed by atoms with Crippen molar-refractivity contribution in [2.45, 2.75) is 52.6 Å². The molecule has 0 saturated heterocycles. The van der Waals surface area contributed by atoms with Crippen LogP contribution >= 0.6 is 0 Å². The summed E-state index contributed by atoms with van der Waals surface area (Å²) in [7, 11) is 1.93. The highest BCUT2D eigenvalue weighted by Gasteiger charge is 2.14. The molecule has 1 aromatic heterocycles. The van der Waals surface area contributed by atoms with Crippen LogP contribution < -0.4 is 10.6 Å². The molecule has 2 N–H and O–H groups in total. The maximum absolute atomic E-state index is 4.61. The Bertz CT molecular complexity index is 366. The van der Waals surface area contributed by atoms with Crippen LogP contribution in [0.2, 0.25) is 0 Å². The Balaban J connectivity index is 3.04. The highest BCUT2D eigenvalue weighted by atomic mass is 15.0. The van der Waals surface area contributed by atoms with Gasteiger partial charge in [-0.05, 0) is 27.8 Å². The van der Waals surface area contributed by atoms with Gasteiger partial charge in [-0.15, -0.1) is 0 Å². The highest BCUT2D eigenvalue weighted by Crippen LogP contribution is 2.19. The van der Waals surface area contributed by atoms with E-state index in [1.165, 1.54) is 0 Å². The van der Waals surface area contributed by atoms with Crippen LogP contribution in [0.3, 0.4) is 0 Å². The zero-order valence-electron chi connectivity index (χ0n) is 11.8. The van der Waals surface area contributed by atoms with Gasteiger partial charge in [0.25, 0.3) is 0 Å². The van der Waals surface area contributed by atoms with Crippen molar-refractivity contribution in [3.8, 4) is 0 Å². The first-order valence-electron chi connectivity index (χ1n) is 6.12. The quantitative estimate of drug-likeness (QED) is 0.843. The lowest BCUT2D eigenvalue weighted by atomic mass is 10.1. The van der Waals surface area contributed by atoms with Crippen LogP contribution in [0.4, 0.5) is 5.69 Å². The molecule has 0 radical (unpaired) electrons. The third kappa shape index (κ3) is 4.30. The largest absolute Gasteiger partial charge is 0.378 e. The molecule has 0 aliphatic carbocycles. The summed E-state index contributed by atoms with van der Waals surface area (Å²) >= 11 is 0. The number of nitrogens with zero attached hydrogens (tertiary/aromatic N) is 2. The van der Waals surface area contributed by atoms with Gasteiger partial charge in [-0.3, -0.25) is 0 Å². The summed E-state index contributed by atoms with van der Waals surface area (Å²) < 4.78 is 0. The SMILES string of the molecule is CNCc1nc(C(C)C)ncc1NC(C)(C)C. The van der Waals surface area contributed by atoms with E-state index < -0.39 is 0 Å². The first-order chi connectivity index (χ1) is 7.83. The van der Waals surface area contributed by atoms with Crippen molar-refractivity contribution in [2.75, 3.05) is 12.4 Å². The summed E-state index contributed by atoms with van der Waals surface area (Å²) in [5.74, 6) is 1.25.